The summed E-state index contributed by atoms with van der Waals surface area (Å²) in [6, 6.07) is 11.0. The molecule has 2 heterocycles. The molecule has 0 aromatic heterocycles. The van der Waals surface area contributed by atoms with Gasteiger partial charge in [-0.15, -0.1) is 0 Å². The quantitative estimate of drug-likeness (QED) is 0.721. The molecule has 0 radical (unpaired) electrons. The lowest BCUT2D eigenvalue weighted by atomic mass is 9.80. The maximum absolute atomic E-state index is 6.13. The molecule has 0 aliphatic carbocycles. The second kappa shape index (κ2) is 7.12. The molecular formula is C21H24BrNO3. The van der Waals surface area contributed by atoms with Crippen molar-refractivity contribution >= 4 is 21.6 Å². The molecule has 4 nitrogen and oxygen atoms in total. The van der Waals surface area contributed by atoms with E-state index in [4.69, 9.17) is 14.2 Å². The first-order chi connectivity index (χ1) is 12.6. The number of benzene rings is 2. The number of nitrogens with one attached hydrogen (secondary N) is 1. The Labute approximate surface area is 163 Å². The molecule has 1 fully saturated rings. The highest BCUT2D eigenvalue weighted by Gasteiger charge is 2.41. The zero-order valence-electron chi connectivity index (χ0n) is 15.3. The second-order valence-electron chi connectivity index (χ2n) is 6.92. The van der Waals surface area contributed by atoms with E-state index in [1.807, 2.05) is 6.92 Å². The Morgan fingerprint density at radius 2 is 2.12 bits per heavy atom. The Balaban J connectivity index is 1.76. The van der Waals surface area contributed by atoms with E-state index in [9.17, 15) is 0 Å². The minimum Gasteiger partial charge on any atom is -0.493 e. The van der Waals surface area contributed by atoms with E-state index >= 15 is 0 Å². The van der Waals surface area contributed by atoms with Crippen LogP contribution in [-0.4, -0.2) is 20.3 Å². The number of aryl methyl sites for hydroxylation is 1. The third kappa shape index (κ3) is 2.97. The molecule has 5 heteroatoms. The van der Waals surface area contributed by atoms with Crippen molar-refractivity contribution < 1.29 is 14.2 Å². The first-order valence-electron chi connectivity index (χ1n) is 9.11. The van der Waals surface area contributed by atoms with Crippen LogP contribution in [0.1, 0.15) is 42.2 Å². The van der Waals surface area contributed by atoms with E-state index in [0.717, 1.165) is 34.7 Å². The third-order valence-electron chi connectivity index (χ3n) is 5.29. The summed E-state index contributed by atoms with van der Waals surface area (Å²) in [6.07, 6.45) is 1.19. The fourth-order valence-electron chi connectivity index (χ4n) is 4.13. The van der Waals surface area contributed by atoms with Crippen LogP contribution in [0.15, 0.2) is 34.8 Å². The lowest BCUT2D eigenvalue weighted by Gasteiger charge is -2.37. The van der Waals surface area contributed by atoms with Crippen LogP contribution in [0.25, 0.3) is 0 Å². The molecule has 0 amide bonds. The van der Waals surface area contributed by atoms with Crippen molar-refractivity contribution in [1.29, 1.82) is 0 Å². The summed E-state index contributed by atoms with van der Waals surface area (Å²) in [4.78, 5) is 0. The van der Waals surface area contributed by atoms with Crippen molar-refractivity contribution in [3.05, 3.63) is 51.5 Å². The van der Waals surface area contributed by atoms with E-state index < -0.39 is 0 Å². The first-order valence-corrected chi connectivity index (χ1v) is 9.90. The lowest BCUT2D eigenvalue weighted by Crippen LogP contribution is -2.29. The zero-order valence-corrected chi connectivity index (χ0v) is 16.9. The van der Waals surface area contributed by atoms with Crippen LogP contribution in [0.4, 0.5) is 5.69 Å². The van der Waals surface area contributed by atoms with Gasteiger partial charge >= 0.3 is 0 Å². The zero-order chi connectivity index (χ0) is 18.3. The van der Waals surface area contributed by atoms with Crippen LogP contribution in [-0.2, 0) is 4.74 Å². The standard InChI is InChI=1S/C21H24BrNO3/c1-4-25-21-16(22)10-13(11-18(21)24-3)19-14-7-8-26-20(14)15-9-12(2)5-6-17(15)23-19/h5-6,9-11,14,19-20,23H,4,7-8H2,1-3H3/t14-,19-,20-/m0/s1. The van der Waals surface area contributed by atoms with Gasteiger partial charge in [-0.05, 0) is 60.0 Å². The van der Waals surface area contributed by atoms with Crippen molar-refractivity contribution in [3.8, 4) is 11.5 Å². The van der Waals surface area contributed by atoms with Gasteiger partial charge in [0, 0.05) is 23.8 Å². The van der Waals surface area contributed by atoms with Gasteiger partial charge in [0.1, 0.15) is 0 Å². The van der Waals surface area contributed by atoms with E-state index in [1.54, 1.807) is 7.11 Å². The van der Waals surface area contributed by atoms with Gasteiger partial charge in [-0.1, -0.05) is 17.7 Å². The van der Waals surface area contributed by atoms with Gasteiger partial charge in [-0.3, -0.25) is 0 Å². The molecule has 0 saturated carbocycles. The highest BCUT2D eigenvalue weighted by atomic mass is 79.9. The number of anilines is 1. The number of methoxy groups -OCH3 is 1. The lowest BCUT2D eigenvalue weighted by molar-refractivity contribution is 0.0828. The molecule has 1 saturated heterocycles. The summed E-state index contributed by atoms with van der Waals surface area (Å²) in [6.45, 7) is 5.50. The van der Waals surface area contributed by atoms with Crippen LogP contribution >= 0.6 is 15.9 Å². The monoisotopic (exact) mass is 417 g/mol. The van der Waals surface area contributed by atoms with Gasteiger partial charge < -0.3 is 19.5 Å². The summed E-state index contributed by atoms with van der Waals surface area (Å²) in [5.74, 6) is 1.91. The topological polar surface area (TPSA) is 39.7 Å². The van der Waals surface area contributed by atoms with Gasteiger partial charge in [0.05, 0.1) is 30.3 Å². The molecule has 26 heavy (non-hydrogen) atoms. The first kappa shape index (κ1) is 17.7. The molecule has 138 valence electrons. The Kier molecular flexibility index (Phi) is 4.84. The molecule has 4 rings (SSSR count). The fourth-order valence-corrected chi connectivity index (χ4v) is 4.70. The van der Waals surface area contributed by atoms with Crippen molar-refractivity contribution in [1.82, 2.24) is 0 Å². The molecule has 2 aromatic rings. The van der Waals surface area contributed by atoms with E-state index in [-0.39, 0.29) is 12.1 Å². The summed E-state index contributed by atoms with van der Waals surface area (Å²) >= 11 is 3.66. The van der Waals surface area contributed by atoms with Gasteiger partial charge in [0.2, 0.25) is 0 Å². The largest absolute Gasteiger partial charge is 0.493 e. The Morgan fingerprint density at radius 3 is 2.88 bits per heavy atom. The van der Waals surface area contributed by atoms with Crippen molar-refractivity contribution in [2.75, 3.05) is 25.6 Å². The molecule has 2 aromatic carbocycles. The molecule has 1 N–H and O–H groups in total. The molecule has 0 spiro atoms. The minimum atomic E-state index is 0.146. The van der Waals surface area contributed by atoms with Crippen molar-refractivity contribution in [2.24, 2.45) is 5.92 Å². The molecule has 2 aliphatic rings. The van der Waals surface area contributed by atoms with Crippen LogP contribution in [0.3, 0.4) is 0 Å². The summed E-state index contributed by atoms with van der Waals surface area (Å²) in [5, 5.41) is 3.74. The number of fused-ring (bicyclic) bond motifs is 3. The van der Waals surface area contributed by atoms with E-state index in [0.29, 0.717) is 12.5 Å². The van der Waals surface area contributed by atoms with Crippen LogP contribution in [0, 0.1) is 12.8 Å². The predicted molar refractivity (Wildman–Crippen MR) is 106 cm³/mol. The highest BCUT2D eigenvalue weighted by molar-refractivity contribution is 9.10. The number of rotatable bonds is 4. The molecule has 2 aliphatic heterocycles. The summed E-state index contributed by atoms with van der Waals surface area (Å²) < 4.78 is 18.4. The number of ether oxygens (including phenoxy) is 3. The predicted octanol–water partition coefficient (Wildman–Crippen LogP) is 5.41. The van der Waals surface area contributed by atoms with Crippen LogP contribution in [0.5, 0.6) is 11.5 Å². The average Bonchev–Trinajstić information content (AvgIpc) is 3.13. The summed E-state index contributed by atoms with van der Waals surface area (Å²) in [7, 11) is 1.68. The smallest absolute Gasteiger partial charge is 0.175 e. The maximum Gasteiger partial charge on any atom is 0.175 e. The van der Waals surface area contributed by atoms with Crippen LogP contribution < -0.4 is 14.8 Å². The van der Waals surface area contributed by atoms with Gasteiger partial charge in [-0.2, -0.15) is 0 Å². The van der Waals surface area contributed by atoms with Gasteiger partial charge in [0.25, 0.3) is 0 Å². The number of hydrogen-bond donors (Lipinski definition) is 1. The van der Waals surface area contributed by atoms with E-state index in [1.165, 1.54) is 16.7 Å². The van der Waals surface area contributed by atoms with Crippen molar-refractivity contribution in [3.63, 3.8) is 0 Å². The summed E-state index contributed by atoms with van der Waals surface area (Å²) in [5.41, 5.74) is 4.89. The highest BCUT2D eigenvalue weighted by Crippen LogP contribution is 2.51. The van der Waals surface area contributed by atoms with Crippen LogP contribution in [0.2, 0.25) is 0 Å². The third-order valence-corrected chi connectivity index (χ3v) is 5.88. The van der Waals surface area contributed by atoms with E-state index in [2.05, 4.69) is 58.5 Å². The molecule has 0 bridgehead atoms. The molecular weight excluding hydrogens is 394 g/mol. The molecule has 0 unspecified atom stereocenters. The average molecular weight is 418 g/mol. The maximum atomic E-state index is 6.13. The number of halogens is 1. The van der Waals surface area contributed by atoms with Crippen molar-refractivity contribution in [2.45, 2.75) is 32.4 Å². The van der Waals surface area contributed by atoms with Gasteiger partial charge in [0.15, 0.2) is 11.5 Å². The minimum absolute atomic E-state index is 0.146. The molecule has 3 atom stereocenters. The fraction of sp³-hybridized carbons (Fsp3) is 0.429. The van der Waals surface area contributed by atoms with Gasteiger partial charge in [-0.25, -0.2) is 0 Å². The number of hydrogen-bond acceptors (Lipinski definition) is 4. The second-order valence-corrected chi connectivity index (χ2v) is 7.78. The SMILES string of the molecule is CCOc1c(Br)cc([C@@H]2Nc3ccc(C)cc3[C@H]3OCC[C@H]32)cc1OC. The Morgan fingerprint density at radius 1 is 1.27 bits per heavy atom. The Bertz CT molecular complexity index is 823. The Hall–Kier alpha value is -1.72. The normalized spacial score (nSPS) is 23.8.